The van der Waals surface area contributed by atoms with Gasteiger partial charge in [-0.05, 0) is 39.8 Å². The number of rotatable bonds is 5. The summed E-state index contributed by atoms with van der Waals surface area (Å²) in [6.45, 7) is 8.97. The zero-order valence-corrected chi connectivity index (χ0v) is 10.2. The van der Waals surface area contributed by atoms with Gasteiger partial charge in [0.15, 0.2) is 0 Å². The summed E-state index contributed by atoms with van der Waals surface area (Å²) in [5.74, 6) is 6.00. The average Bonchev–Trinajstić information content (AvgIpc) is 2.26. The first-order valence-electron chi connectivity index (χ1n) is 6.18. The van der Waals surface area contributed by atoms with Gasteiger partial charge >= 0.3 is 0 Å². The molecule has 0 aromatic rings. The Bertz CT molecular complexity index is 208. The van der Waals surface area contributed by atoms with Crippen LogP contribution in [0.3, 0.4) is 0 Å². The van der Waals surface area contributed by atoms with Crippen LogP contribution in [0.15, 0.2) is 0 Å². The molecule has 15 heavy (non-hydrogen) atoms. The van der Waals surface area contributed by atoms with E-state index >= 15 is 0 Å². The van der Waals surface area contributed by atoms with Crippen molar-refractivity contribution < 1.29 is 0 Å². The van der Waals surface area contributed by atoms with Crippen LogP contribution in [0.2, 0.25) is 0 Å². The van der Waals surface area contributed by atoms with Gasteiger partial charge in [0.2, 0.25) is 0 Å². The normalized spacial score (nSPS) is 19.3. The Balaban J connectivity index is 2.05. The maximum absolute atomic E-state index is 3.52. The summed E-state index contributed by atoms with van der Waals surface area (Å²) in [5.41, 5.74) is 0. The maximum Gasteiger partial charge on any atom is 0.0214 e. The molecule has 1 unspecified atom stereocenters. The molecular formula is C13H24N2. The van der Waals surface area contributed by atoms with E-state index in [1.54, 1.807) is 0 Å². The zero-order chi connectivity index (χ0) is 10.9. The Morgan fingerprint density at radius 3 is 2.67 bits per heavy atom. The first-order chi connectivity index (χ1) is 7.33. The van der Waals surface area contributed by atoms with E-state index in [-0.39, 0.29) is 0 Å². The SMILES string of the molecule is CC#CCCNC(C)CN1CCCCC1. The monoisotopic (exact) mass is 208 g/mol. The number of nitrogens with one attached hydrogen (secondary N) is 1. The summed E-state index contributed by atoms with van der Waals surface area (Å²) in [6, 6.07) is 0.599. The smallest absolute Gasteiger partial charge is 0.0214 e. The Labute approximate surface area is 94.4 Å². The molecular weight excluding hydrogens is 184 g/mol. The van der Waals surface area contributed by atoms with E-state index in [1.165, 1.54) is 38.9 Å². The summed E-state index contributed by atoms with van der Waals surface area (Å²) < 4.78 is 0. The molecule has 1 aliphatic heterocycles. The summed E-state index contributed by atoms with van der Waals surface area (Å²) in [7, 11) is 0. The predicted octanol–water partition coefficient (Wildman–Crippen LogP) is 1.86. The molecule has 1 aliphatic rings. The minimum absolute atomic E-state index is 0.599. The topological polar surface area (TPSA) is 15.3 Å². The van der Waals surface area contributed by atoms with Crippen molar-refractivity contribution in [2.24, 2.45) is 0 Å². The van der Waals surface area contributed by atoms with Crippen LogP contribution in [0, 0.1) is 11.8 Å². The van der Waals surface area contributed by atoms with Gasteiger partial charge in [-0.15, -0.1) is 11.8 Å². The molecule has 2 nitrogen and oxygen atoms in total. The molecule has 1 saturated heterocycles. The van der Waals surface area contributed by atoms with Crippen molar-refractivity contribution in [1.82, 2.24) is 10.2 Å². The highest BCUT2D eigenvalue weighted by molar-refractivity contribution is 4.95. The third kappa shape index (κ3) is 5.81. The fraction of sp³-hybridized carbons (Fsp3) is 0.846. The molecule has 1 heterocycles. The van der Waals surface area contributed by atoms with Gasteiger partial charge in [-0.25, -0.2) is 0 Å². The summed E-state index contributed by atoms with van der Waals surface area (Å²) in [6.07, 6.45) is 5.16. The van der Waals surface area contributed by atoms with Crippen molar-refractivity contribution in [2.75, 3.05) is 26.2 Å². The standard InChI is InChI=1S/C13H24N2/c1-3-4-6-9-14-13(2)12-15-10-7-5-8-11-15/h13-14H,5-12H2,1-2H3. The molecule has 1 rings (SSSR count). The number of nitrogens with zero attached hydrogens (tertiary/aromatic N) is 1. The van der Waals surface area contributed by atoms with Gasteiger partial charge in [-0.1, -0.05) is 6.42 Å². The molecule has 0 radical (unpaired) electrons. The van der Waals surface area contributed by atoms with Crippen molar-refractivity contribution in [2.45, 2.75) is 45.6 Å². The third-order valence-corrected chi connectivity index (χ3v) is 2.90. The van der Waals surface area contributed by atoms with Gasteiger partial charge in [0.1, 0.15) is 0 Å². The third-order valence-electron chi connectivity index (χ3n) is 2.90. The lowest BCUT2D eigenvalue weighted by Gasteiger charge is -2.29. The average molecular weight is 208 g/mol. The molecule has 0 amide bonds. The van der Waals surface area contributed by atoms with Crippen LogP contribution in [0.1, 0.15) is 39.5 Å². The van der Waals surface area contributed by atoms with Gasteiger partial charge in [0.25, 0.3) is 0 Å². The van der Waals surface area contributed by atoms with Crippen molar-refractivity contribution in [3.05, 3.63) is 0 Å². The molecule has 0 aromatic heterocycles. The van der Waals surface area contributed by atoms with E-state index in [0.717, 1.165) is 13.0 Å². The first-order valence-corrected chi connectivity index (χ1v) is 6.18. The van der Waals surface area contributed by atoms with Gasteiger partial charge in [0.05, 0.1) is 0 Å². The Kier molecular flexibility index (Phi) is 6.47. The van der Waals surface area contributed by atoms with Crippen LogP contribution in [0.4, 0.5) is 0 Å². The molecule has 1 atom stereocenters. The summed E-state index contributed by atoms with van der Waals surface area (Å²) >= 11 is 0. The fourth-order valence-corrected chi connectivity index (χ4v) is 2.10. The van der Waals surface area contributed by atoms with Gasteiger partial charge in [-0.2, -0.15) is 0 Å². The molecule has 0 spiro atoms. The van der Waals surface area contributed by atoms with Crippen LogP contribution >= 0.6 is 0 Å². The number of piperidine rings is 1. The highest BCUT2D eigenvalue weighted by atomic mass is 15.1. The Hall–Kier alpha value is -0.520. The van der Waals surface area contributed by atoms with Crippen molar-refractivity contribution >= 4 is 0 Å². The zero-order valence-electron chi connectivity index (χ0n) is 10.2. The molecule has 0 bridgehead atoms. The van der Waals surface area contributed by atoms with Crippen LogP contribution < -0.4 is 5.32 Å². The van der Waals surface area contributed by atoms with Crippen LogP contribution in [-0.4, -0.2) is 37.1 Å². The van der Waals surface area contributed by atoms with Gasteiger partial charge < -0.3 is 10.2 Å². The Morgan fingerprint density at radius 1 is 1.27 bits per heavy atom. The molecule has 0 aliphatic carbocycles. The van der Waals surface area contributed by atoms with Gasteiger partial charge in [0, 0.05) is 25.6 Å². The predicted molar refractivity (Wildman–Crippen MR) is 65.8 cm³/mol. The minimum Gasteiger partial charge on any atom is -0.312 e. The Morgan fingerprint density at radius 2 is 2.00 bits per heavy atom. The lowest BCUT2D eigenvalue weighted by Crippen LogP contribution is -2.41. The van der Waals surface area contributed by atoms with E-state index in [0.29, 0.717) is 6.04 Å². The van der Waals surface area contributed by atoms with Crippen molar-refractivity contribution in [3.63, 3.8) is 0 Å². The molecule has 0 aromatic carbocycles. The van der Waals surface area contributed by atoms with Crippen LogP contribution in [0.5, 0.6) is 0 Å². The molecule has 0 saturated carbocycles. The van der Waals surface area contributed by atoms with E-state index in [1.807, 2.05) is 6.92 Å². The van der Waals surface area contributed by atoms with Crippen LogP contribution in [0.25, 0.3) is 0 Å². The van der Waals surface area contributed by atoms with E-state index < -0.39 is 0 Å². The molecule has 86 valence electrons. The van der Waals surface area contributed by atoms with Crippen molar-refractivity contribution in [1.29, 1.82) is 0 Å². The second-order valence-corrected chi connectivity index (χ2v) is 4.39. The maximum atomic E-state index is 3.52. The second-order valence-electron chi connectivity index (χ2n) is 4.39. The van der Waals surface area contributed by atoms with Gasteiger partial charge in [-0.3, -0.25) is 0 Å². The molecule has 1 fully saturated rings. The van der Waals surface area contributed by atoms with E-state index in [4.69, 9.17) is 0 Å². The molecule has 2 heteroatoms. The summed E-state index contributed by atoms with van der Waals surface area (Å²) in [4.78, 5) is 2.58. The first kappa shape index (κ1) is 12.5. The largest absolute Gasteiger partial charge is 0.312 e. The number of likely N-dealkylation sites (tertiary alicyclic amines) is 1. The van der Waals surface area contributed by atoms with E-state index in [2.05, 4.69) is 29.0 Å². The summed E-state index contributed by atoms with van der Waals surface area (Å²) in [5, 5.41) is 3.52. The minimum atomic E-state index is 0.599. The lowest BCUT2D eigenvalue weighted by atomic mass is 10.1. The lowest BCUT2D eigenvalue weighted by molar-refractivity contribution is 0.209. The van der Waals surface area contributed by atoms with Crippen LogP contribution in [-0.2, 0) is 0 Å². The highest BCUT2D eigenvalue weighted by Crippen LogP contribution is 2.08. The quantitative estimate of drug-likeness (QED) is 0.548. The van der Waals surface area contributed by atoms with Crippen molar-refractivity contribution in [3.8, 4) is 11.8 Å². The van der Waals surface area contributed by atoms with E-state index in [9.17, 15) is 0 Å². The second kappa shape index (κ2) is 7.73. The fourth-order valence-electron chi connectivity index (χ4n) is 2.10. The number of hydrogen-bond donors (Lipinski definition) is 1. The highest BCUT2D eigenvalue weighted by Gasteiger charge is 2.12. The number of hydrogen-bond acceptors (Lipinski definition) is 2. The molecule has 1 N–H and O–H groups in total.